The summed E-state index contributed by atoms with van der Waals surface area (Å²) in [5, 5.41) is 0.666. The Balaban J connectivity index is 2.57. The van der Waals surface area contributed by atoms with Crippen molar-refractivity contribution < 1.29 is 13.9 Å². The molecule has 6 heteroatoms. The third kappa shape index (κ3) is 2.73. The Morgan fingerprint density at radius 1 is 1.42 bits per heavy atom. The molecule has 0 bridgehead atoms. The number of halogens is 1. The van der Waals surface area contributed by atoms with E-state index in [0.717, 1.165) is 0 Å². The van der Waals surface area contributed by atoms with Crippen molar-refractivity contribution in [3.8, 4) is 10.4 Å². The van der Waals surface area contributed by atoms with E-state index < -0.39 is 5.97 Å². The molecule has 1 aromatic carbocycles. The predicted octanol–water partition coefficient (Wildman–Crippen LogP) is 2.80. The van der Waals surface area contributed by atoms with E-state index in [2.05, 4.69) is 4.98 Å². The van der Waals surface area contributed by atoms with Crippen molar-refractivity contribution in [3.05, 3.63) is 35.8 Å². The van der Waals surface area contributed by atoms with E-state index in [1.54, 1.807) is 17.0 Å². The van der Waals surface area contributed by atoms with Gasteiger partial charge in [-0.2, -0.15) is 0 Å². The van der Waals surface area contributed by atoms with E-state index in [1.165, 1.54) is 30.6 Å². The van der Waals surface area contributed by atoms with Crippen molar-refractivity contribution in [1.82, 2.24) is 4.98 Å². The second kappa shape index (κ2) is 5.36. The van der Waals surface area contributed by atoms with E-state index in [9.17, 15) is 9.18 Å². The summed E-state index contributed by atoms with van der Waals surface area (Å²) >= 11 is 1.32. The van der Waals surface area contributed by atoms with Crippen LogP contribution in [0.5, 0.6) is 0 Å². The molecule has 0 N–H and O–H groups in total. The van der Waals surface area contributed by atoms with Gasteiger partial charge < -0.3 is 9.64 Å². The van der Waals surface area contributed by atoms with E-state index in [1.807, 2.05) is 14.1 Å². The lowest BCUT2D eigenvalue weighted by Crippen LogP contribution is -2.09. The summed E-state index contributed by atoms with van der Waals surface area (Å²) in [6.07, 6.45) is 0. The number of ether oxygens (including phenoxy) is 1. The molecule has 1 heterocycles. The molecule has 1 aromatic heterocycles. The van der Waals surface area contributed by atoms with Crippen LogP contribution in [-0.2, 0) is 4.74 Å². The number of esters is 1. The fraction of sp³-hybridized carbons (Fsp3) is 0.231. The SMILES string of the molecule is COC(=O)c1nc(N(C)C)sc1-c1cccc(F)c1. The molecule has 0 radical (unpaired) electrons. The third-order valence-corrected chi connectivity index (χ3v) is 3.74. The van der Waals surface area contributed by atoms with Crippen molar-refractivity contribution in [2.45, 2.75) is 0 Å². The zero-order valence-electron chi connectivity index (χ0n) is 10.8. The highest BCUT2D eigenvalue weighted by Gasteiger charge is 2.21. The molecule has 4 nitrogen and oxygen atoms in total. The van der Waals surface area contributed by atoms with Crippen LogP contribution in [-0.4, -0.2) is 32.2 Å². The largest absolute Gasteiger partial charge is 0.464 e. The standard InChI is InChI=1S/C13H13FN2O2S/c1-16(2)13-15-10(12(17)18-3)11(19-13)8-5-4-6-9(14)7-8/h4-7H,1-3H3. The number of aromatic nitrogens is 1. The second-order valence-electron chi connectivity index (χ2n) is 4.07. The van der Waals surface area contributed by atoms with Gasteiger partial charge in [0.2, 0.25) is 0 Å². The number of hydrogen-bond donors (Lipinski definition) is 0. The van der Waals surface area contributed by atoms with Gasteiger partial charge in [0.1, 0.15) is 5.82 Å². The highest BCUT2D eigenvalue weighted by atomic mass is 32.1. The minimum absolute atomic E-state index is 0.210. The normalized spacial score (nSPS) is 10.3. The average Bonchev–Trinajstić information content (AvgIpc) is 2.83. The summed E-state index contributed by atoms with van der Waals surface area (Å²) in [7, 11) is 4.96. The van der Waals surface area contributed by atoms with Crippen LogP contribution in [0.2, 0.25) is 0 Å². The molecule has 0 aliphatic rings. The smallest absolute Gasteiger partial charge is 0.358 e. The Kier molecular flexibility index (Phi) is 3.80. The van der Waals surface area contributed by atoms with Crippen molar-refractivity contribution in [2.75, 3.05) is 26.1 Å². The maximum absolute atomic E-state index is 13.3. The molecule has 0 unspecified atom stereocenters. The first kappa shape index (κ1) is 13.5. The van der Waals surface area contributed by atoms with Crippen molar-refractivity contribution in [2.24, 2.45) is 0 Å². The molecule has 0 spiro atoms. The lowest BCUT2D eigenvalue weighted by atomic mass is 10.1. The minimum atomic E-state index is -0.524. The van der Waals surface area contributed by atoms with Crippen molar-refractivity contribution in [3.63, 3.8) is 0 Å². The molecule has 2 aromatic rings. The molecule has 0 fully saturated rings. The number of rotatable bonds is 3. The van der Waals surface area contributed by atoms with Gasteiger partial charge >= 0.3 is 5.97 Å². The molecule has 0 saturated carbocycles. The summed E-state index contributed by atoms with van der Waals surface area (Å²) in [5.41, 5.74) is 0.827. The van der Waals surface area contributed by atoms with Crippen LogP contribution in [0, 0.1) is 5.82 Å². The van der Waals surface area contributed by atoms with Crippen molar-refractivity contribution in [1.29, 1.82) is 0 Å². The first-order valence-corrected chi connectivity index (χ1v) is 6.37. The van der Waals surface area contributed by atoms with Crippen LogP contribution < -0.4 is 4.90 Å². The predicted molar refractivity (Wildman–Crippen MR) is 73.2 cm³/mol. The van der Waals surface area contributed by atoms with Gasteiger partial charge in [0, 0.05) is 14.1 Å². The summed E-state index contributed by atoms with van der Waals surface area (Å²) in [5.74, 6) is -0.878. The molecule has 100 valence electrons. The number of hydrogen-bond acceptors (Lipinski definition) is 5. The topological polar surface area (TPSA) is 42.4 Å². The van der Waals surface area contributed by atoms with Crippen LogP contribution >= 0.6 is 11.3 Å². The van der Waals surface area contributed by atoms with Gasteiger partial charge in [-0.1, -0.05) is 23.5 Å². The van der Waals surface area contributed by atoms with Crippen LogP contribution in [0.15, 0.2) is 24.3 Å². The van der Waals surface area contributed by atoms with Gasteiger partial charge in [0.25, 0.3) is 0 Å². The molecule has 0 amide bonds. The molecular weight excluding hydrogens is 267 g/mol. The molecule has 0 saturated heterocycles. The van der Waals surface area contributed by atoms with Gasteiger partial charge in [0.05, 0.1) is 12.0 Å². The number of methoxy groups -OCH3 is 1. The summed E-state index contributed by atoms with van der Waals surface area (Å²) in [6.45, 7) is 0. The molecule has 0 aliphatic heterocycles. The zero-order valence-corrected chi connectivity index (χ0v) is 11.6. The fourth-order valence-electron chi connectivity index (χ4n) is 1.56. The summed E-state index contributed by atoms with van der Waals surface area (Å²) in [6, 6.07) is 6.07. The van der Waals surface area contributed by atoms with Gasteiger partial charge in [-0.25, -0.2) is 14.2 Å². The van der Waals surface area contributed by atoms with Crippen LogP contribution in [0.25, 0.3) is 10.4 Å². The molecule has 19 heavy (non-hydrogen) atoms. The van der Waals surface area contributed by atoms with Crippen LogP contribution in [0.4, 0.5) is 9.52 Å². The van der Waals surface area contributed by atoms with Gasteiger partial charge in [-0.15, -0.1) is 0 Å². The lowest BCUT2D eigenvalue weighted by Gasteiger charge is -2.05. The number of benzene rings is 1. The quantitative estimate of drug-likeness (QED) is 0.811. The van der Waals surface area contributed by atoms with Crippen LogP contribution in [0.1, 0.15) is 10.5 Å². The first-order valence-electron chi connectivity index (χ1n) is 5.55. The Hall–Kier alpha value is -1.95. The highest BCUT2D eigenvalue weighted by molar-refractivity contribution is 7.19. The Morgan fingerprint density at radius 2 is 2.16 bits per heavy atom. The van der Waals surface area contributed by atoms with E-state index in [4.69, 9.17) is 4.74 Å². The lowest BCUT2D eigenvalue weighted by molar-refractivity contribution is 0.0596. The number of thiazole rings is 1. The monoisotopic (exact) mass is 280 g/mol. The molecular formula is C13H13FN2O2S. The molecule has 0 aliphatic carbocycles. The van der Waals surface area contributed by atoms with Gasteiger partial charge in [-0.3, -0.25) is 0 Å². The second-order valence-corrected chi connectivity index (χ2v) is 5.05. The highest BCUT2D eigenvalue weighted by Crippen LogP contribution is 2.34. The summed E-state index contributed by atoms with van der Waals surface area (Å²) in [4.78, 5) is 18.4. The average molecular weight is 280 g/mol. The summed E-state index contributed by atoms with van der Waals surface area (Å²) < 4.78 is 18.0. The van der Waals surface area contributed by atoms with Crippen LogP contribution in [0.3, 0.4) is 0 Å². The Morgan fingerprint density at radius 3 is 2.74 bits per heavy atom. The zero-order chi connectivity index (χ0) is 14.0. The Labute approximate surface area is 114 Å². The molecule has 0 atom stereocenters. The number of anilines is 1. The third-order valence-electron chi connectivity index (χ3n) is 2.46. The molecule has 2 rings (SSSR count). The van der Waals surface area contributed by atoms with Gasteiger partial charge in [-0.05, 0) is 17.7 Å². The number of carbonyl (C=O) groups is 1. The first-order chi connectivity index (χ1) is 9.02. The maximum atomic E-state index is 13.3. The van der Waals surface area contributed by atoms with E-state index in [0.29, 0.717) is 15.6 Å². The van der Waals surface area contributed by atoms with Crippen molar-refractivity contribution >= 4 is 22.4 Å². The minimum Gasteiger partial charge on any atom is -0.464 e. The number of carbonyl (C=O) groups excluding carboxylic acids is 1. The van der Waals surface area contributed by atoms with Gasteiger partial charge in [0.15, 0.2) is 10.8 Å². The number of nitrogens with zero attached hydrogens (tertiary/aromatic N) is 2. The fourth-order valence-corrected chi connectivity index (χ4v) is 2.53. The Bertz CT molecular complexity index is 610. The maximum Gasteiger partial charge on any atom is 0.358 e. The van der Waals surface area contributed by atoms with E-state index in [-0.39, 0.29) is 11.5 Å². The van der Waals surface area contributed by atoms with E-state index >= 15 is 0 Å².